The lowest BCUT2D eigenvalue weighted by Gasteiger charge is -2.08. The third kappa shape index (κ3) is 4.03. The molecule has 25 heavy (non-hydrogen) atoms. The summed E-state index contributed by atoms with van der Waals surface area (Å²) in [5.74, 6) is 0.613. The lowest BCUT2D eigenvalue weighted by atomic mass is 10.1. The standard InChI is InChI=1S/C19H20N4O2/c1-12-5-3-4-6-14(12)10-17-22-23-18(25-17)11-21-16-9-15(19(20)24)8-7-13(16)2/h3-9,21H,10-11H2,1-2H3,(H2,20,24). The van der Waals surface area contributed by atoms with Crippen molar-refractivity contribution in [1.82, 2.24) is 10.2 Å². The summed E-state index contributed by atoms with van der Waals surface area (Å²) in [6, 6.07) is 13.4. The number of nitrogens with one attached hydrogen (secondary N) is 1. The molecule has 0 aliphatic carbocycles. The van der Waals surface area contributed by atoms with Gasteiger partial charge in [-0.15, -0.1) is 10.2 Å². The zero-order chi connectivity index (χ0) is 17.8. The van der Waals surface area contributed by atoms with Crippen LogP contribution in [0.4, 0.5) is 5.69 Å². The Kier molecular flexibility index (Phi) is 4.79. The Hall–Kier alpha value is -3.15. The summed E-state index contributed by atoms with van der Waals surface area (Å²) < 4.78 is 5.71. The maximum Gasteiger partial charge on any atom is 0.248 e. The topological polar surface area (TPSA) is 94.0 Å². The average molecular weight is 336 g/mol. The number of anilines is 1. The van der Waals surface area contributed by atoms with Gasteiger partial charge in [-0.05, 0) is 42.7 Å². The van der Waals surface area contributed by atoms with Crippen molar-refractivity contribution in [3.05, 3.63) is 76.5 Å². The molecule has 1 amide bonds. The predicted octanol–water partition coefficient (Wildman–Crippen LogP) is 2.99. The molecule has 128 valence electrons. The molecular formula is C19H20N4O2. The highest BCUT2D eigenvalue weighted by Crippen LogP contribution is 2.18. The van der Waals surface area contributed by atoms with Crippen molar-refractivity contribution in [2.75, 3.05) is 5.32 Å². The minimum Gasteiger partial charge on any atom is -0.423 e. The molecule has 6 nitrogen and oxygen atoms in total. The van der Waals surface area contributed by atoms with Crippen molar-refractivity contribution in [1.29, 1.82) is 0 Å². The molecule has 0 fully saturated rings. The summed E-state index contributed by atoms with van der Waals surface area (Å²) in [5, 5.41) is 11.4. The zero-order valence-corrected chi connectivity index (χ0v) is 14.2. The van der Waals surface area contributed by atoms with E-state index >= 15 is 0 Å². The number of carbonyl (C=O) groups excluding carboxylic acids is 1. The Balaban J connectivity index is 1.67. The lowest BCUT2D eigenvalue weighted by molar-refractivity contribution is 0.100. The van der Waals surface area contributed by atoms with E-state index in [0.29, 0.717) is 30.3 Å². The Morgan fingerprint density at radius 3 is 2.60 bits per heavy atom. The van der Waals surface area contributed by atoms with E-state index in [9.17, 15) is 4.79 Å². The van der Waals surface area contributed by atoms with Crippen LogP contribution in [0.15, 0.2) is 46.9 Å². The van der Waals surface area contributed by atoms with Crippen molar-refractivity contribution >= 4 is 11.6 Å². The molecule has 3 aromatic rings. The van der Waals surface area contributed by atoms with Gasteiger partial charge in [0, 0.05) is 11.3 Å². The van der Waals surface area contributed by atoms with Crippen LogP contribution in [0.2, 0.25) is 0 Å². The van der Waals surface area contributed by atoms with Crippen LogP contribution in [-0.2, 0) is 13.0 Å². The fourth-order valence-corrected chi connectivity index (χ4v) is 2.54. The third-order valence-corrected chi connectivity index (χ3v) is 4.06. The van der Waals surface area contributed by atoms with Gasteiger partial charge in [-0.3, -0.25) is 4.79 Å². The first-order chi connectivity index (χ1) is 12.0. The molecule has 2 aromatic carbocycles. The number of hydrogen-bond acceptors (Lipinski definition) is 5. The summed E-state index contributed by atoms with van der Waals surface area (Å²) in [6.45, 7) is 4.39. The van der Waals surface area contributed by atoms with Crippen molar-refractivity contribution < 1.29 is 9.21 Å². The van der Waals surface area contributed by atoms with E-state index in [1.807, 2.05) is 25.1 Å². The molecule has 0 saturated heterocycles. The fourth-order valence-electron chi connectivity index (χ4n) is 2.54. The van der Waals surface area contributed by atoms with E-state index in [4.69, 9.17) is 10.2 Å². The van der Waals surface area contributed by atoms with Gasteiger partial charge in [0.15, 0.2) is 0 Å². The Morgan fingerprint density at radius 2 is 1.84 bits per heavy atom. The second kappa shape index (κ2) is 7.17. The molecule has 0 aliphatic heterocycles. The molecule has 6 heteroatoms. The van der Waals surface area contributed by atoms with Crippen LogP contribution < -0.4 is 11.1 Å². The Labute approximate surface area is 146 Å². The zero-order valence-electron chi connectivity index (χ0n) is 14.2. The van der Waals surface area contributed by atoms with Gasteiger partial charge in [0.1, 0.15) is 0 Å². The van der Waals surface area contributed by atoms with Crippen molar-refractivity contribution in [3.8, 4) is 0 Å². The third-order valence-electron chi connectivity index (χ3n) is 4.06. The monoisotopic (exact) mass is 336 g/mol. The van der Waals surface area contributed by atoms with Crippen molar-refractivity contribution in [2.45, 2.75) is 26.8 Å². The number of aryl methyl sites for hydroxylation is 2. The van der Waals surface area contributed by atoms with E-state index in [0.717, 1.165) is 16.8 Å². The maximum absolute atomic E-state index is 11.3. The Morgan fingerprint density at radius 1 is 1.08 bits per heavy atom. The van der Waals surface area contributed by atoms with Crippen LogP contribution in [-0.4, -0.2) is 16.1 Å². The summed E-state index contributed by atoms with van der Waals surface area (Å²) in [7, 11) is 0. The molecule has 0 spiro atoms. The number of benzene rings is 2. The molecule has 0 bridgehead atoms. The molecule has 3 N–H and O–H groups in total. The SMILES string of the molecule is Cc1ccccc1Cc1nnc(CNc2cc(C(N)=O)ccc2C)o1. The molecule has 1 heterocycles. The normalized spacial score (nSPS) is 10.6. The van der Waals surface area contributed by atoms with Gasteiger partial charge in [-0.25, -0.2) is 0 Å². The molecule has 3 rings (SSSR count). The number of rotatable bonds is 6. The largest absolute Gasteiger partial charge is 0.423 e. The summed E-state index contributed by atoms with van der Waals surface area (Å²) in [4.78, 5) is 11.3. The molecule has 0 unspecified atom stereocenters. The summed E-state index contributed by atoms with van der Waals surface area (Å²) in [6.07, 6.45) is 0.607. The van der Waals surface area contributed by atoms with Crippen LogP contribution in [0.1, 0.15) is 38.8 Å². The number of primary amides is 1. The van der Waals surface area contributed by atoms with E-state index in [1.165, 1.54) is 5.56 Å². The molecule has 0 saturated carbocycles. The fraction of sp³-hybridized carbons (Fsp3) is 0.211. The van der Waals surface area contributed by atoms with Gasteiger partial charge in [-0.2, -0.15) is 0 Å². The summed E-state index contributed by atoms with van der Waals surface area (Å²) >= 11 is 0. The number of nitrogens with two attached hydrogens (primary N) is 1. The first-order valence-electron chi connectivity index (χ1n) is 8.03. The number of carbonyl (C=O) groups is 1. The maximum atomic E-state index is 11.3. The number of nitrogens with zero attached hydrogens (tertiary/aromatic N) is 2. The van der Waals surface area contributed by atoms with Gasteiger partial charge in [0.25, 0.3) is 0 Å². The van der Waals surface area contributed by atoms with Gasteiger partial charge >= 0.3 is 0 Å². The van der Waals surface area contributed by atoms with E-state index < -0.39 is 5.91 Å². The minimum atomic E-state index is -0.457. The van der Waals surface area contributed by atoms with E-state index in [-0.39, 0.29) is 0 Å². The smallest absolute Gasteiger partial charge is 0.248 e. The van der Waals surface area contributed by atoms with Gasteiger partial charge < -0.3 is 15.5 Å². The van der Waals surface area contributed by atoms with Crippen LogP contribution in [0, 0.1) is 13.8 Å². The molecule has 0 aliphatic rings. The lowest BCUT2D eigenvalue weighted by Crippen LogP contribution is -2.12. The van der Waals surface area contributed by atoms with Gasteiger partial charge in [-0.1, -0.05) is 30.3 Å². The van der Waals surface area contributed by atoms with Gasteiger partial charge in [0.2, 0.25) is 17.7 Å². The number of amides is 1. The Bertz CT molecular complexity index is 902. The second-order valence-electron chi connectivity index (χ2n) is 5.94. The highest BCUT2D eigenvalue weighted by molar-refractivity contribution is 5.94. The molecular weight excluding hydrogens is 316 g/mol. The van der Waals surface area contributed by atoms with Crippen LogP contribution in [0.25, 0.3) is 0 Å². The van der Waals surface area contributed by atoms with Crippen molar-refractivity contribution in [3.63, 3.8) is 0 Å². The quantitative estimate of drug-likeness (QED) is 0.721. The van der Waals surface area contributed by atoms with Crippen LogP contribution in [0.5, 0.6) is 0 Å². The number of hydrogen-bond donors (Lipinski definition) is 2. The molecule has 0 atom stereocenters. The van der Waals surface area contributed by atoms with Crippen molar-refractivity contribution in [2.24, 2.45) is 5.73 Å². The average Bonchev–Trinajstić information content (AvgIpc) is 3.03. The minimum absolute atomic E-state index is 0.379. The molecule has 1 aromatic heterocycles. The molecule has 0 radical (unpaired) electrons. The summed E-state index contributed by atoms with van der Waals surface area (Å²) in [5.41, 5.74) is 9.95. The van der Waals surface area contributed by atoms with E-state index in [1.54, 1.807) is 12.1 Å². The second-order valence-corrected chi connectivity index (χ2v) is 5.94. The first kappa shape index (κ1) is 16.7. The van der Waals surface area contributed by atoms with Gasteiger partial charge in [0.05, 0.1) is 13.0 Å². The first-order valence-corrected chi connectivity index (χ1v) is 8.03. The van der Waals surface area contributed by atoms with Crippen LogP contribution >= 0.6 is 0 Å². The van der Waals surface area contributed by atoms with Crippen LogP contribution in [0.3, 0.4) is 0 Å². The van der Waals surface area contributed by atoms with E-state index in [2.05, 4.69) is 34.6 Å². The predicted molar refractivity (Wildman–Crippen MR) is 95.3 cm³/mol. The highest BCUT2D eigenvalue weighted by Gasteiger charge is 2.10. The number of aromatic nitrogens is 2. The highest BCUT2D eigenvalue weighted by atomic mass is 16.4.